The minimum Gasteiger partial charge on any atom is -0.478 e. The fourth-order valence-electron chi connectivity index (χ4n) is 2.28. The van der Waals surface area contributed by atoms with Crippen molar-refractivity contribution in [3.05, 3.63) is 17.5 Å². The first-order valence-electron chi connectivity index (χ1n) is 6.78. The number of hydrogen-bond donors (Lipinski definition) is 2. The van der Waals surface area contributed by atoms with Crippen LogP contribution in [-0.2, 0) is 7.05 Å². The molecule has 114 valence electrons. The second-order valence-electron chi connectivity index (χ2n) is 5.02. The third-order valence-corrected chi connectivity index (χ3v) is 4.55. The van der Waals surface area contributed by atoms with E-state index in [1.165, 1.54) is 6.20 Å². The maximum atomic E-state index is 11.4. The highest BCUT2D eigenvalue weighted by Gasteiger charge is 2.19. The number of carboxylic acid groups (broad SMARTS) is 1. The number of pyridine rings is 1. The lowest BCUT2D eigenvalue weighted by molar-refractivity contribution is 0.0697. The minimum absolute atomic E-state index is 0.190. The van der Waals surface area contributed by atoms with Gasteiger partial charge in [-0.05, 0) is 19.6 Å². The molecule has 6 nitrogen and oxygen atoms in total. The Morgan fingerprint density at radius 3 is 2.90 bits per heavy atom. The lowest BCUT2D eigenvalue weighted by Gasteiger charge is -2.13. The van der Waals surface area contributed by atoms with E-state index in [1.54, 1.807) is 16.4 Å². The van der Waals surface area contributed by atoms with E-state index in [9.17, 15) is 9.90 Å². The Kier molecular flexibility index (Phi) is 4.72. The monoisotopic (exact) mass is 308 g/mol. The van der Waals surface area contributed by atoms with Crippen molar-refractivity contribution >= 4 is 34.5 Å². The predicted octanol–water partition coefficient (Wildman–Crippen LogP) is 2.53. The van der Waals surface area contributed by atoms with Crippen LogP contribution in [0.25, 0.3) is 11.0 Å². The van der Waals surface area contributed by atoms with Gasteiger partial charge >= 0.3 is 5.97 Å². The van der Waals surface area contributed by atoms with Crippen LogP contribution in [0.1, 0.15) is 29.4 Å². The van der Waals surface area contributed by atoms with E-state index in [4.69, 9.17) is 0 Å². The Hall–Kier alpha value is -1.76. The summed E-state index contributed by atoms with van der Waals surface area (Å²) in [6, 6.07) is 0. The van der Waals surface area contributed by atoms with Gasteiger partial charge in [0, 0.05) is 25.0 Å². The summed E-state index contributed by atoms with van der Waals surface area (Å²) in [5, 5.41) is 18.3. The maximum Gasteiger partial charge on any atom is 0.339 e. The number of nitrogens with one attached hydrogen (secondary N) is 1. The molecule has 2 aromatic heterocycles. The van der Waals surface area contributed by atoms with E-state index >= 15 is 0 Å². The number of carboxylic acids is 1. The molecule has 0 saturated carbocycles. The highest BCUT2D eigenvalue weighted by Crippen LogP contribution is 2.28. The molecule has 7 heteroatoms. The first-order valence-corrected chi connectivity index (χ1v) is 8.06. The maximum absolute atomic E-state index is 11.4. The molecular formula is C14H20N4O2S. The number of aromatic nitrogens is 3. The molecule has 0 radical (unpaired) electrons. The highest BCUT2D eigenvalue weighted by atomic mass is 32.2. The first kappa shape index (κ1) is 15.6. The van der Waals surface area contributed by atoms with Crippen LogP contribution in [0.2, 0.25) is 0 Å². The molecule has 0 aromatic carbocycles. The summed E-state index contributed by atoms with van der Waals surface area (Å²) in [4.78, 5) is 15.6. The van der Waals surface area contributed by atoms with Crippen LogP contribution in [0.5, 0.6) is 0 Å². The summed E-state index contributed by atoms with van der Waals surface area (Å²) in [6.45, 7) is 4.74. The van der Waals surface area contributed by atoms with Crippen molar-refractivity contribution in [3.8, 4) is 0 Å². The molecule has 2 aromatic rings. The lowest BCUT2D eigenvalue weighted by atomic mass is 10.1. The average molecular weight is 308 g/mol. The van der Waals surface area contributed by atoms with Gasteiger partial charge in [0.2, 0.25) is 0 Å². The predicted molar refractivity (Wildman–Crippen MR) is 86.3 cm³/mol. The van der Waals surface area contributed by atoms with Crippen molar-refractivity contribution < 1.29 is 9.90 Å². The molecule has 2 rings (SSSR count). The smallest absolute Gasteiger partial charge is 0.339 e. The number of carbonyl (C=O) groups is 1. The third kappa shape index (κ3) is 3.12. The van der Waals surface area contributed by atoms with Crippen LogP contribution in [0.3, 0.4) is 0 Å². The Labute approximate surface area is 127 Å². The van der Waals surface area contributed by atoms with E-state index in [0.717, 1.165) is 24.0 Å². The van der Waals surface area contributed by atoms with Gasteiger partial charge in [-0.15, -0.1) is 0 Å². The van der Waals surface area contributed by atoms with Crippen molar-refractivity contribution in [2.75, 3.05) is 18.1 Å². The molecule has 1 unspecified atom stereocenters. The van der Waals surface area contributed by atoms with Gasteiger partial charge in [-0.3, -0.25) is 4.68 Å². The van der Waals surface area contributed by atoms with E-state index in [-0.39, 0.29) is 5.56 Å². The molecule has 0 bridgehead atoms. The molecule has 0 spiro atoms. The van der Waals surface area contributed by atoms with Crippen LogP contribution < -0.4 is 5.32 Å². The van der Waals surface area contributed by atoms with Crippen LogP contribution in [0.4, 0.5) is 5.69 Å². The number of aromatic carboxylic acids is 1. The van der Waals surface area contributed by atoms with Gasteiger partial charge in [-0.1, -0.05) is 6.92 Å². The first-order chi connectivity index (χ1) is 9.95. The molecule has 0 aliphatic heterocycles. The summed E-state index contributed by atoms with van der Waals surface area (Å²) in [5.74, 6) is -0.979. The summed E-state index contributed by atoms with van der Waals surface area (Å²) >= 11 is 1.80. The molecule has 1 atom stereocenters. The molecular weight excluding hydrogens is 288 g/mol. The van der Waals surface area contributed by atoms with Gasteiger partial charge in [0.25, 0.3) is 0 Å². The van der Waals surface area contributed by atoms with Gasteiger partial charge in [0.1, 0.15) is 5.56 Å². The van der Waals surface area contributed by atoms with Gasteiger partial charge in [-0.2, -0.15) is 16.9 Å². The largest absolute Gasteiger partial charge is 0.478 e. The Morgan fingerprint density at radius 2 is 2.29 bits per heavy atom. The van der Waals surface area contributed by atoms with Crippen LogP contribution in [0.15, 0.2) is 6.20 Å². The van der Waals surface area contributed by atoms with E-state index in [1.807, 2.05) is 14.0 Å². The molecule has 21 heavy (non-hydrogen) atoms. The molecule has 0 aliphatic rings. The number of thioether (sulfide) groups is 1. The number of hydrogen-bond acceptors (Lipinski definition) is 5. The van der Waals surface area contributed by atoms with Crippen molar-refractivity contribution in [1.82, 2.24) is 14.8 Å². The van der Waals surface area contributed by atoms with Gasteiger partial charge in [0.05, 0.1) is 16.8 Å². The van der Waals surface area contributed by atoms with Crippen LogP contribution in [0, 0.1) is 6.92 Å². The van der Waals surface area contributed by atoms with Crippen LogP contribution in [-0.4, -0.2) is 43.9 Å². The number of nitrogens with zero attached hydrogens (tertiary/aromatic N) is 3. The Balaban J connectivity index is 2.42. The quantitative estimate of drug-likeness (QED) is 0.853. The molecule has 2 N–H and O–H groups in total. The van der Waals surface area contributed by atoms with E-state index < -0.39 is 5.97 Å². The number of aryl methyl sites for hydroxylation is 2. The van der Waals surface area contributed by atoms with E-state index in [0.29, 0.717) is 16.6 Å². The lowest BCUT2D eigenvalue weighted by Crippen LogP contribution is -2.12. The van der Waals surface area contributed by atoms with Crippen LogP contribution >= 0.6 is 11.8 Å². The minimum atomic E-state index is -0.979. The molecule has 0 aliphatic carbocycles. The van der Waals surface area contributed by atoms with Crippen molar-refractivity contribution in [2.45, 2.75) is 25.5 Å². The fraction of sp³-hybridized carbons (Fsp3) is 0.500. The topological polar surface area (TPSA) is 80.0 Å². The average Bonchev–Trinajstić information content (AvgIpc) is 2.73. The number of rotatable bonds is 6. The second kappa shape index (κ2) is 6.34. The Morgan fingerprint density at radius 1 is 1.57 bits per heavy atom. The zero-order valence-corrected chi connectivity index (χ0v) is 13.5. The summed E-state index contributed by atoms with van der Waals surface area (Å²) < 4.78 is 1.67. The highest BCUT2D eigenvalue weighted by molar-refractivity contribution is 7.99. The Bertz CT molecular complexity index is 669. The van der Waals surface area contributed by atoms with Crippen molar-refractivity contribution in [3.63, 3.8) is 0 Å². The summed E-state index contributed by atoms with van der Waals surface area (Å²) in [5.41, 5.74) is 2.28. The fourth-order valence-corrected chi connectivity index (χ4v) is 2.63. The molecule has 0 saturated heterocycles. The third-order valence-electron chi connectivity index (χ3n) is 3.51. The zero-order valence-electron chi connectivity index (χ0n) is 12.7. The zero-order chi connectivity index (χ0) is 15.6. The molecule has 0 amide bonds. The normalized spacial score (nSPS) is 12.6. The van der Waals surface area contributed by atoms with E-state index in [2.05, 4.69) is 28.6 Å². The molecule has 0 fully saturated rings. The standard InChI is InChI=1S/C14H20N4O2S/c1-8(21-4)5-6-15-12-10(14(19)20)7-16-13-11(12)9(2)17-18(13)3/h7-8H,5-6H2,1-4H3,(H,15,16)(H,19,20). The SMILES string of the molecule is CSC(C)CCNc1c(C(=O)O)cnc2c1c(C)nn2C. The molecule has 2 heterocycles. The van der Waals surface area contributed by atoms with Crippen molar-refractivity contribution in [1.29, 1.82) is 0 Å². The van der Waals surface area contributed by atoms with Gasteiger partial charge in [0.15, 0.2) is 5.65 Å². The summed E-state index contributed by atoms with van der Waals surface area (Å²) in [7, 11) is 1.81. The van der Waals surface area contributed by atoms with Gasteiger partial charge < -0.3 is 10.4 Å². The number of anilines is 1. The summed E-state index contributed by atoms with van der Waals surface area (Å²) in [6.07, 6.45) is 4.43. The van der Waals surface area contributed by atoms with Crippen molar-refractivity contribution in [2.24, 2.45) is 7.05 Å². The number of fused-ring (bicyclic) bond motifs is 1. The second-order valence-corrected chi connectivity index (χ2v) is 6.30. The van der Waals surface area contributed by atoms with Gasteiger partial charge in [-0.25, -0.2) is 9.78 Å².